The number of benzene rings is 1. The van der Waals surface area contributed by atoms with Crippen LogP contribution < -0.4 is 10.5 Å². The van der Waals surface area contributed by atoms with E-state index >= 15 is 0 Å². The molecule has 0 aliphatic heterocycles. The Morgan fingerprint density at radius 2 is 2.00 bits per heavy atom. The zero-order valence-corrected chi connectivity index (χ0v) is 10.4. The molecule has 0 bridgehead atoms. The first-order chi connectivity index (χ1) is 7.51. The fraction of sp³-hybridized carbons (Fsp3) is 0.571. The van der Waals surface area contributed by atoms with Crippen molar-refractivity contribution in [2.45, 2.75) is 51.7 Å². The molecule has 1 fully saturated rings. The van der Waals surface area contributed by atoms with E-state index < -0.39 is 0 Å². The first kappa shape index (κ1) is 11.5. The van der Waals surface area contributed by atoms with Crippen LogP contribution in [-0.4, -0.2) is 6.10 Å². The van der Waals surface area contributed by atoms with Crippen molar-refractivity contribution in [3.8, 4) is 5.75 Å². The van der Waals surface area contributed by atoms with E-state index in [0.717, 1.165) is 18.6 Å². The smallest absolute Gasteiger partial charge is 0.122 e. The van der Waals surface area contributed by atoms with Gasteiger partial charge < -0.3 is 10.5 Å². The average molecular weight is 219 g/mol. The lowest BCUT2D eigenvalue weighted by Crippen LogP contribution is -2.43. The molecule has 0 unspecified atom stereocenters. The van der Waals surface area contributed by atoms with E-state index in [0.29, 0.717) is 0 Å². The van der Waals surface area contributed by atoms with Crippen molar-refractivity contribution in [3.63, 3.8) is 0 Å². The number of aryl methyl sites for hydroxylation is 1. The van der Waals surface area contributed by atoms with Gasteiger partial charge in [-0.15, -0.1) is 0 Å². The van der Waals surface area contributed by atoms with E-state index in [-0.39, 0.29) is 11.6 Å². The van der Waals surface area contributed by atoms with Crippen molar-refractivity contribution in [1.29, 1.82) is 0 Å². The number of hydrogen-bond donors (Lipinski definition) is 1. The second-order valence-electron chi connectivity index (χ2n) is 5.16. The quantitative estimate of drug-likeness (QED) is 0.847. The summed E-state index contributed by atoms with van der Waals surface area (Å²) >= 11 is 0. The Morgan fingerprint density at radius 1 is 1.31 bits per heavy atom. The van der Waals surface area contributed by atoms with Gasteiger partial charge in [0.05, 0.1) is 6.10 Å². The predicted molar refractivity (Wildman–Crippen MR) is 66.7 cm³/mol. The van der Waals surface area contributed by atoms with Crippen LogP contribution in [0.1, 0.15) is 44.2 Å². The largest absolute Gasteiger partial charge is 0.491 e. The number of ether oxygens (including phenoxy) is 1. The lowest BCUT2D eigenvalue weighted by atomic mass is 9.72. The van der Waals surface area contributed by atoms with Gasteiger partial charge in [0.15, 0.2) is 0 Å². The van der Waals surface area contributed by atoms with Crippen molar-refractivity contribution in [3.05, 3.63) is 29.3 Å². The van der Waals surface area contributed by atoms with Crippen LogP contribution in [0.5, 0.6) is 5.75 Å². The summed E-state index contributed by atoms with van der Waals surface area (Å²) in [5.74, 6) is 0.974. The van der Waals surface area contributed by atoms with E-state index in [9.17, 15) is 0 Å². The molecule has 2 nitrogen and oxygen atoms in total. The number of rotatable bonds is 3. The molecule has 0 saturated heterocycles. The Hall–Kier alpha value is -1.02. The van der Waals surface area contributed by atoms with Crippen LogP contribution in [0.15, 0.2) is 18.2 Å². The van der Waals surface area contributed by atoms with Crippen LogP contribution in [0.25, 0.3) is 0 Å². The summed E-state index contributed by atoms with van der Waals surface area (Å²) in [6, 6.07) is 6.35. The van der Waals surface area contributed by atoms with Crippen LogP contribution in [0.2, 0.25) is 0 Å². The molecule has 0 radical (unpaired) electrons. The Labute approximate surface area is 97.8 Å². The molecule has 2 N–H and O–H groups in total. The van der Waals surface area contributed by atoms with E-state index in [2.05, 4.69) is 25.1 Å². The molecule has 0 amide bonds. The van der Waals surface area contributed by atoms with Crippen molar-refractivity contribution < 1.29 is 4.74 Å². The fourth-order valence-electron chi connectivity index (χ4n) is 2.19. The third-order valence-electron chi connectivity index (χ3n) is 3.36. The molecule has 88 valence electrons. The Bertz CT molecular complexity index is 380. The molecule has 1 aliphatic rings. The van der Waals surface area contributed by atoms with Crippen molar-refractivity contribution in [2.75, 3.05) is 0 Å². The summed E-state index contributed by atoms with van der Waals surface area (Å²) in [5, 5.41) is 0. The van der Waals surface area contributed by atoms with Gasteiger partial charge in [0, 0.05) is 5.54 Å². The lowest BCUT2D eigenvalue weighted by Gasteiger charge is -2.39. The molecule has 1 aliphatic carbocycles. The van der Waals surface area contributed by atoms with Gasteiger partial charge in [-0.25, -0.2) is 0 Å². The van der Waals surface area contributed by atoms with Crippen LogP contribution >= 0.6 is 0 Å². The summed E-state index contributed by atoms with van der Waals surface area (Å²) in [6.45, 7) is 6.18. The maximum Gasteiger partial charge on any atom is 0.122 e. The zero-order chi connectivity index (χ0) is 11.8. The average Bonchev–Trinajstić information content (AvgIpc) is 2.17. The Morgan fingerprint density at radius 3 is 2.44 bits per heavy atom. The lowest BCUT2D eigenvalue weighted by molar-refractivity contribution is 0.238. The van der Waals surface area contributed by atoms with Crippen LogP contribution in [0, 0.1) is 6.92 Å². The van der Waals surface area contributed by atoms with Gasteiger partial charge >= 0.3 is 0 Å². The molecule has 1 saturated carbocycles. The zero-order valence-electron chi connectivity index (χ0n) is 10.4. The molecule has 2 heteroatoms. The molecule has 0 atom stereocenters. The molecule has 0 aromatic heterocycles. The maximum atomic E-state index is 6.30. The van der Waals surface area contributed by atoms with Crippen molar-refractivity contribution >= 4 is 0 Å². The summed E-state index contributed by atoms with van der Waals surface area (Å²) in [7, 11) is 0. The maximum absolute atomic E-state index is 6.30. The summed E-state index contributed by atoms with van der Waals surface area (Å²) in [4.78, 5) is 0. The molecule has 0 spiro atoms. The molecular weight excluding hydrogens is 198 g/mol. The highest BCUT2D eigenvalue weighted by molar-refractivity contribution is 5.40. The molecule has 0 heterocycles. The minimum atomic E-state index is -0.0683. The van der Waals surface area contributed by atoms with Crippen molar-refractivity contribution in [2.24, 2.45) is 5.73 Å². The standard InChI is InChI=1S/C14H21NO/c1-10(2)16-13-6-5-12(9-11(13)3)14(15)7-4-8-14/h5-6,9-10H,4,7-8,15H2,1-3H3. The van der Waals surface area contributed by atoms with E-state index in [1.165, 1.54) is 17.5 Å². The van der Waals surface area contributed by atoms with Gasteiger partial charge in [-0.2, -0.15) is 0 Å². The molecule has 16 heavy (non-hydrogen) atoms. The van der Waals surface area contributed by atoms with Crippen LogP contribution in [0.3, 0.4) is 0 Å². The highest BCUT2D eigenvalue weighted by atomic mass is 16.5. The minimum absolute atomic E-state index is 0.0683. The first-order valence-electron chi connectivity index (χ1n) is 6.08. The monoisotopic (exact) mass is 219 g/mol. The second-order valence-corrected chi connectivity index (χ2v) is 5.16. The van der Waals surface area contributed by atoms with Gasteiger partial charge in [-0.05, 0) is 57.2 Å². The fourth-order valence-corrected chi connectivity index (χ4v) is 2.19. The minimum Gasteiger partial charge on any atom is -0.491 e. The van der Waals surface area contributed by atoms with E-state index in [1.54, 1.807) is 0 Å². The van der Waals surface area contributed by atoms with E-state index in [1.807, 2.05) is 13.8 Å². The summed E-state index contributed by atoms with van der Waals surface area (Å²) < 4.78 is 5.72. The second kappa shape index (κ2) is 4.10. The Balaban J connectivity index is 2.22. The summed E-state index contributed by atoms with van der Waals surface area (Å²) in [6.07, 6.45) is 3.69. The van der Waals surface area contributed by atoms with Crippen LogP contribution in [0.4, 0.5) is 0 Å². The number of hydrogen-bond acceptors (Lipinski definition) is 2. The summed E-state index contributed by atoms with van der Waals surface area (Å²) in [5.41, 5.74) is 8.68. The van der Waals surface area contributed by atoms with Crippen LogP contribution in [-0.2, 0) is 5.54 Å². The molecule has 2 rings (SSSR count). The highest BCUT2D eigenvalue weighted by Gasteiger charge is 2.34. The predicted octanol–water partition coefficient (Wildman–Crippen LogP) is 3.12. The first-order valence-corrected chi connectivity index (χ1v) is 6.08. The topological polar surface area (TPSA) is 35.2 Å². The molecular formula is C14H21NO. The van der Waals surface area contributed by atoms with Gasteiger partial charge in [-0.1, -0.05) is 12.1 Å². The SMILES string of the molecule is Cc1cc(C2(N)CCC2)ccc1OC(C)C. The normalized spacial score (nSPS) is 18.3. The molecule has 1 aromatic carbocycles. The third-order valence-corrected chi connectivity index (χ3v) is 3.36. The third kappa shape index (κ3) is 2.07. The Kier molecular flexibility index (Phi) is 2.94. The highest BCUT2D eigenvalue weighted by Crippen LogP contribution is 2.39. The van der Waals surface area contributed by atoms with Gasteiger partial charge in [0.1, 0.15) is 5.75 Å². The number of nitrogens with two attached hydrogens (primary N) is 1. The van der Waals surface area contributed by atoms with Gasteiger partial charge in [0.25, 0.3) is 0 Å². The van der Waals surface area contributed by atoms with E-state index in [4.69, 9.17) is 10.5 Å². The van der Waals surface area contributed by atoms with Crippen molar-refractivity contribution in [1.82, 2.24) is 0 Å². The van der Waals surface area contributed by atoms with Gasteiger partial charge in [0.2, 0.25) is 0 Å². The van der Waals surface area contributed by atoms with Gasteiger partial charge in [-0.3, -0.25) is 0 Å². The molecule has 1 aromatic rings.